The molecule has 0 unspecified atom stereocenters. The molecule has 2 aromatic rings. The maximum Gasteiger partial charge on any atom is 0.416 e. The Bertz CT molecular complexity index is 1010. The number of alkyl halides is 3. The highest BCUT2D eigenvalue weighted by atomic mass is 19.4. The average molecular weight is 419 g/mol. The second-order valence-corrected chi connectivity index (χ2v) is 7.08. The molecule has 6 nitrogen and oxygen atoms in total. The molecule has 0 bridgehead atoms. The minimum atomic E-state index is -4.59. The standard InChI is InChI=1S/C21H20F3N3O3/c1-3-13-7-4-5-10-16(13)25-17(28)12-27-18(29)20(2,26-19(27)30)14-8-6-9-15(11-14)21(22,23)24/h4-11H,3,12H2,1-2H3,(H,25,28)(H,26,30)/t20-/m1/s1. The van der Waals surface area contributed by atoms with Crippen molar-refractivity contribution in [3.8, 4) is 0 Å². The van der Waals surface area contributed by atoms with Crippen LogP contribution < -0.4 is 10.6 Å². The zero-order valence-corrected chi connectivity index (χ0v) is 16.3. The van der Waals surface area contributed by atoms with E-state index in [9.17, 15) is 27.6 Å². The van der Waals surface area contributed by atoms with Crippen LogP contribution in [0, 0.1) is 0 Å². The van der Waals surface area contributed by atoms with Crippen LogP contribution in [0.25, 0.3) is 0 Å². The number of aryl methyl sites for hydroxylation is 1. The normalized spacial score (nSPS) is 19.0. The van der Waals surface area contributed by atoms with Crippen molar-refractivity contribution in [3.05, 3.63) is 65.2 Å². The van der Waals surface area contributed by atoms with Crippen LogP contribution in [0.15, 0.2) is 48.5 Å². The predicted molar refractivity (Wildman–Crippen MR) is 103 cm³/mol. The van der Waals surface area contributed by atoms with E-state index in [1.807, 2.05) is 19.1 Å². The van der Waals surface area contributed by atoms with Gasteiger partial charge in [-0.05, 0) is 42.7 Å². The van der Waals surface area contributed by atoms with Crippen LogP contribution >= 0.6 is 0 Å². The zero-order chi connectivity index (χ0) is 22.1. The third-order valence-corrected chi connectivity index (χ3v) is 5.02. The Labute approximate surface area is 171 Å². The Morgan fingerprint density at radius 2 is 1.83 bits per heavy atom. The summed E-state index contributed by atoms with van der Waals surface area (Å²) in [5.74, 6) is -1.39. The first-order valence-corrected chi connectivity index (χ1v) is 9.26. The Morgan fingerprint density at radius 3 is 2.50 bits per heavy atom. The maximum atomic E-state index is 13.0. The van der Waals surface area contributed by atoms with Crippen molar-refractivity contribution in [2.75, 3.05) is 11.9 Å². The smallest absolute Gasteiger partial charge is 0.324 e. The number of amides is 4. The highest BCUT2D eigenvalue weighted by molar-refractivity contribution is 6.10. The topological polar surface area (TPSA) is 78.5 Å². The third-order valence-electron chi connectivity index (χ3n) is 5.02. The molecule has 0 spiro atoms. The van der Waals surface area contributed by atoms with Gasteiger partial charge in [-0.25, -0.2) is 4.79 Å². The van der Waals surface area contributed by atoms with Gasteiger partial charge in [0.15, 0.2) is 0 Å². The number of halogens is 3. The lowest BCUT2D eigenvalue weighted by Gasteiger charge is -2.23. The van der Waals surface area contributed by atoms with Crippen molar-refractivity contribution in [3.63, 3.8) is 0 Å². The first-order valence-electron chi connectivity index (χ1n) is 9.26. The minimum Gasteiger partial charge on any atom is -0.324 e. The summed E-state index contributed by atoms with van der Waals surface area (Å²) in [7, 11) is 0. The van der Waals surface area contributed by atoms with E-state index in [0.29, 0.717) is 17.0 Å². The number of benzene rings is 2. The Balaban J connectivity index is 1.80. The molecule has 3 rings (SSSR count). The Hall–Kier alpha value is -3.36. The van der Waals surface area contributed by atoms with E-state index in [2.05, 4.69) is 10.6 Å². The van der Waals surface area contributed by atoms with Gasteiger partial charge in [-0.2, -0.15) is 13.2 Å². The molecule has 1 fully saturated rings. The van der Waals surface area contributed by atoms with E-state index in [-0.39, 0.29) is 5.56 Å². The van der Waals surface area contributed by atoms with Crippen LogP contribution in [0.1, 0.15) is 30.5 Å². The second kappa shape index (κ2) is 7.81. The van der Waals surface area contributed by atoms with Crippen molar-refractivity contribution >= 4 is 23.5 Å². The number of carbonyl (C=O) groups excluding carboxylic acids is 3. The van der Waals surface area contributed by atoms with Gasteiger partial charge in [-0.15, -0.1) is 0 Å². The molecule has 1 aliphatic heterocycles. The number of nitrogens with one attached hydrogen (secondary N) is 2. The summed E-state index contributed by atoms with van der Waals surface area (Å²) in [6.45, 7) is 2.67. The summed E-state index contributed by atoms with van der Waals surface area (Å²) < 4.78 is 39.1. The number of hydrogen-bond acceptors (Lipinski definition) is 3. The molecule has 1 saturated heterocycles. The third kappa shape index (κ3) is 4.00. The zero-order valence-electron chi connectivity index (χ0n) is 16.3. The largest absolute Gasteiger partial charge is 0.416 e. The quantitative estimate of drug-likeness (QED) is 0.726. The van der Waals surface area contributed by atoms with Gasteiger partial charge in [0.1, 0.15) is 12.1 Å². The number of imide groups is 1. The van der Waals surface area contributed by atoms with E-state index in [1.54, 1.807) is 12.1 Å². The monoisotopic (exact) mass is 419 g/mol. The number of para-hydroxylation sites is 1. The SMILES string of the molecule is CCc1ccccc1NC(=O)CN1C(=O)N[C@](C)(c2cccc(C(F)(F)F)c2)C1=O. The van der Waals surface area contributed by atoms with Gasteiger partial charge in [-0.3, -0.25) is 14.5 Å². The van der Waals surface area contributed by atoms with Crippen molar-refractivity contribution in [1.29, 1.82) is 0 Å². The first-order chi connectivity index (χ1) is 14.1. The number of urea groups is 1. The van der Waals surface area contributed by atoms with Crippen LogP contribution in [0.5, 0.6) is 0 Å². The molecule has 9 heteroatoms. The van der Waals surface area contributed by atoms with E-state index in [1.165, 1.54) is 19.1 Å². The average Bonchev–Trinajstić information content (AvgIpc) is 2.92. The van der Waals surface area contributed by atoms with Crippen LogP contribution in [0.2, 0.25) is 0 Å². The molecule has 0 aromatic heterocycles. The lowest BCUT2D eigenvalue weighted by Crippen LogP contribution is -2.42. The van der Waals surface area contributed by atoms with Gasteiger partial charge >= 0.3 is 12.2 Å². The van der Waals surface area contributed by atoms with Gasteiger partial charge in [0.05, 0.1) is 5.56 Å². The summed E-state index contributed by atoms with van der Waals surface area (Å²) in [5, 5.41) is 5.07. The molecule has 30 heavy (non-hydrogen) atoms. The molecule has 1 atom stereocenters. The molecule has 0 saturated carbocycles. The van der Waals surface area contributed by atoms with Crippen molar-refractivity contribution in [1.82, 2.24) is 10.2 Å². The van der Waals surface area contributed by atoms with Crippen LogP contribution in [-0.2, 0) is 27.7 Å². The number of rotatable bonds is 5. The summed E-state index contributed by atoms with van der Waals surface area (Å²) in [5.41, 5.74) is -1.21. The van der Waals surface area contributed by atoms with Gasteiger partial charge in [0, 0.05) is 5.69 Å². The van der Waals surface area contributed by atoms with Crippen LogP contribution in [-0.4, -0.2) is 29.3 Å². The Kier molecular flexibility index (Phi) is 5.56. The van der Waals surface area contributed by atoms with Crippen LogP contribution in [0.4, 0.5) is 23.7 Å². The number of nitrogens with zero attached hydrogens (tertiary/aromatic N) is 1. The van der Waals surface area contributed by atoms with Crippen LogP contribution in [0.3, 0.4) is 0 Å². The second-order valence-electron chi connectivity index (χ2n) is 7.08. The maximum absolute atomic E-state index is 13.0. The summed E-state index contributed by atoms with van der Waals surface area (Å²) in [6.07, 6.45) is -3.92. The number of anilines is 1. The molecule has 158 valence electrons. The number of hydrogen-bond donors (Lipinski definition) is 2. The fraction of sp³-hybridized carbons (Fsp3) is 0.286. The Morgan fingerprint density at radius 1 is 1.13 bits per heavy atom. The number of carbonyl (C=O) groups is 3. The molecule has 2 aromatic carbocycles. The molecular formula is C21H20F3N3O3. The fourth-order valence-electron chi connectivity index (χ4n) is 3.33. The lowest BCUT2D eigenvalue weighted by molar-refractivity contribution is -0.138. The van der Waals surface area contributed by atoms with Crippen molar-refractivity contribution in [2.24, 2.45) is 0 Å². The first kappa shape index (κ1) is 21.4. The highest BCUT2D eigenvalue weighted by Gasteiger charge is 2.50. The van der Waals surface area contributed by atoms with Gasteiger partial charge in [0.2, 0.25) is 5.91 Å². The molecule has 0 aliphatic carbocycles. The molecule has 1 aliphatic rings. The van der Waals surface area contributed by atoms with E-state index >= 15 is 0 Å². The highest BCUT2D eigenvalue weighted by Crippen LogP contribution is 2.34. The van der Waals surface area contributed by atoms with E-state index < -0.39 is 41.7 Å². The van der Waals surface area contributed by atoms with Crippen molar-refractivity contribution < 1.29 is 27.6 Å². The van der Waals surface area contributed by atoms with Crippen molar-refractivity contribution in [2.45, 2.75) is 32.0 Å². The van der Waals surface area contributed by atoms with E-state index in [0.717, 1.165) is 17.7 Å². The van der Waals surface area contributed by atoms with Gasteiger partial charge in [0.25, 0.3) is 5.91 Å². The fourth-order valence-corrected chi connectivity index (χ4v) is 3.33. The molecular weight excluding hydrogens is 399 g/mol. The summed E-state index contributed by atoms with van der Waals surface area (Å²) in [4.78, 5) is 38.4. The summed E-state index contributed by atoms with van der Waals surface area (Å²) >= 11 is 0. The van der Waals surface area contributed by atoms with Gasteiger partial charge < -0.3 is 10.6 Å². The predicted octanol–water partition coefficient (Wildman–Crippen LogP) is 3.67. The molecule has 2 N–H and O–H groups in total. The lowest BCUT2D eigenvalue weighted by atomic mass is 9.90. The molecule has 4 amide bonds. The molecule has 1 heterocycles. The summed E-state index contributed by atoms with van der Waals surface area (Å²) in [6, 6.07) is 10.5. The van der Waals surface area contributed by atoms with E-state index in [4.69, 9.17) is 0 Å². The molecule has 0 radical (unpaired) electrons. The minimum absolute atomic E-state index is 0.0186. The van der Waals surface area contributed by atoms with Gasteiger partial charge in [-0.1, -0.05) is 37.3 Å².